The monoisotopic (exact) mass is 617 g/mol. The van der Waals surface area contributed by atoms with Crippen LogP contribution in [0.3, 0.4) is 0 Å². The highest BCUT2D eigenvalue weighted by molar-refractivity contribution is 6.98. The third-order valence-electron chi connectivity index (χ3n) is 9.52. The molecule has 0 spiro atoms. The molecule has 0 saturated heterocycles. The first-order chi connectivity index (χ1) is 23.6. The molecule has 7 aromatic carbocycles. The molecule has 0 unspecified atom stereocenters. The number of anilines is 3. The van der Waals surface area contributed by atoms with Crippen LogP contribution < -0.4 is 30.8 Å². The predicted molar refractivity (Wildman–Crippen MR) is 199 cm³/mol. The predicted octanol–water partition coefficient (Wildman–Crippen LogP) is 9.83. The van der Waals surface area contributed by atoms with Crippen molar-refractivity contribution in [3.05, 3.63) is 169 Å². The molecule has 0 aromatic heterocycles. The summed E-state index contributed by atoms with van der Waals surface area (Å²) in [6.45, 7) is 4.21. The van der Waals surface area contributed by atoms with Crippen molar-refractivity contribution in [3.8, 4) is 45.3 Å². The maximum absolute atomic E-state index is 6.89. The van der Waals surface area contributed by atoms with Crippen LogP contribution in [0, 0.1) is 13.8 Å². The van der Waals surface area contributed by atoms with E-state index in [1.807, 2.05) is 12.1 Å². The number of benzene rings is 7. The first-order valence-electron chi connectivity index (χ1n) is 16.4. The van der Waals surface area contributed by atoms with E-state index in [0.29, 0.717) is 0 Å². The summed E-state index contributed by atoms with van der Waals surface area (Å²) in [5, 5.41) is 0. The molecule has 0 bridgehead atoms. The Labute approximate surface area is 281 Å². The van der Waals surface area contributed by atoms with Crippen LogP contribution in [0.15, 0.2) is 158 Å². The van der Waals surface area contributed by atoms with E-state index >= 15 is 0 Å². The number of aryl methyl sites for hydroxylation is 2. The average Bonchev–Trinajstić information content (AvgIpc) is 3.12. The van der Waals surface area contributed by atoms with E-state index in [1.54, 1.807) is 0 Å². The van der Waals surface area contributed by atoms with Gasteiger partial charge in [0.2, 0.25) is 0 Å². The summed E-state index contributed by atoms with van der Waals surface area (Å²) in [5.74, 6) is 3.36. The third-order valence-corrected chi connectivity index (χ3v) is 9.52. The maximum Gasteiger partial charge on any atom is 0.260 e. The molecule has 2 aliphatic rings. The molecule has 9 rings (SSSR count). The van der Waals surface area contributed by atoms with Gasteiger partial charge in [-0.2, -0.15) is 0 Å². The normalized spacial score (nSPS) is 12.2. The van der Waals surface area contributed by atoms with E-state index in [0.717, 1.165) is 67.6 Å². The Balaban J connectivity index is 1.24. The summed E-state index contributed by atoms with van der Waals surface area (Å²) in [6, 6.07) is 55.9. The molecule has 228 valence electrons. The van der Waals surface area contributed by atoms with Gasteiger partial charge in [-0.15, -0.1) is 0 Å². The fourth-order valence-corrected chi connectivity index (χ4v) is 7.06. The summed E-state index contributed by atoms with van der Waals surface area (Å²) in [7, 11) is 0. The van der Waals surface area contributed by atoms with Gasteiger partial charge in [-0.1, -0.05) is 120 Å². The minimum atomic E-state index is -0.0300. The highest BCUT2D eigenvalue weighted by atomic mass is 16.5. The second kappa shape index (κ2) is 11.4. The molecule has 2 aliphatic heterocycles. The van der Waals surface area contributed by atoms with Crippen LogP contribution in [0.5, 0.6) is 23.0 Å². The lowest BCUT2D eigenvalue weighted by atomic mass is 9.34. The number of hydrogen-bond donors (Lipinski definition) is 0. The summed E-state index contributed by atoms with van der Waals surface area (Å²) in [4.78, 5) is 2.26. The minimum Gasteiger partial charge on any atom is -0.458 e. The minimum absolute atomic E-state index is 0.0300. The van der Waals surface area contributed by atoms with Crippen LogP contribution in [-0.2, 0) is 0 Å². The van der Waals surface area contributed by atoms with Crippen LogP contribution in [0.4, 0.5) is 17.1 Å². The van der Waals surface area contributed by atoms with Gasteiger partial charge >= 0.3 is 0 Å². The highest BCUT2D eigenvalue weighted by Crippen LogP contribution is 2.43. The Kier molecular flexibility index (Phi) is 6.68. The van der Waals surface area contributed by atoms with Gasteiger partial charge in [-0.3, -0.25) is 0 Å². The zero-order valence-corrected chi connectivity index (χ0v) is 26.9. The molecule has 0 fully saturated rings. The van der Waals surface area contributed by atoms with Crippen LogP contribution in [0.2, 0.25) is 0 Å². The van der Waals surface area contributed by atoms with Gasteiger partial charge in [0, 0.05) is 29.0 Å². The second-order valence-electron chi connectivity index (χ2n) is 12.7. The van der Waals surface area contributed by atoms with Gasteiger partial charge in [0.1, 0.15) is 23.0 Å². The lowest BCUT2D eigenvalue weighted by Gasteiger charge is -2.35. The zero-order chi connectivity index (χ0) is 32.2. The standard InChI is InChI=1S/C44H32BNO2/c1-29-13-17-31(18-14-29)33-21-23-38-40(25-33)47-42-27-37(46(35-9-5-3-6-10-35)36-11-7-4-8-12-36)28-43-44(42)45(38)39-24-22-34(26-41(39)48-43)32-19-15-30(2)16-20-32/h3-28H,1-2H3. The van der Waals surface area contributed by atoms with Gasteiger partial charge < -0.3 is 14.4 Å². The lowest BCUT2D eigenvalue weighted by molar-refractivity contribution is 0.465. The molecule has 0 atom stereocenters. The molecule has 0 radical (unpaired) electrons. The van der Waals surface area contributed by atoms with Crippen LogP contribution in [0.25, 0.3) is 22.3 Å². The molecule has 0 aliphatic carbocycles. The smallest absolute Gasteiger partial charge is 0.260 e. The van der Waals surface area contributed by atoms with Crippen LogP contribution in [0.1, 0.15) is 11.1 Å². The largest absolute Gasteiger partial charge is 0.458 e. The Morgan fingerprint density at radius 3 is 1.25 bits per heavy atom. The first-order valence-corrected chi connectivity index (χ1v) is 16.4. The summed E-state index contributed by atoms with van der Waals surface area (Å²) in [6.07, 6.45) is 0. The number of nitrogens with zero attached hydrogens (tertiary/aromatic N) is 1. The average molecular weight is 618 g/mol. The number of para-hydroxylation sites is 2. The number of fused-ring (bicyclic) bond motifs is 4. The lowest BCUT2D eigenvalue weighted by Crippen LogP contribution is -2.57. The maximum atomic E-state index is 6.89. The van der Waals surface area contributed by atoms with Crippen molar-refractivity contribution in [1.82, 2.24) is 0 Å². The summed E-state index contributed by atoms with van der Waals surface area (Å²) >= 11 is 0. The Bertz CT molecular complexity index is 2140. The van der Waals surface area contributed by atoms with E-state index < -0.39 is 0 Å². The van der Waals surface area contributed by atoms with Gasteiger partial charge in [0.05, 0.1) is 5.69 Å². The van der Waals surface area contributed by atoms with E-state index in [9.17, 15) is 0 Å². The van der Waals surface area contributed by atoms with E-state index in [-0.39, 0.29) is 6.71 Å². The molecular formula is C44H32BNO2. The molecule has 48 heavy (non-hydrogen) atoms. The zero-order valence-electron chi connectivity index (χ0n) is 26.9. The van der Waals surface area contributed by atoms with Crippen molar-refractivity contribution in [3.63, 3.8) is 0 Å². The summed E-state index contributed by atoms with van der Waals surface area (Å²) < 4.78 is 13.8. The van der Waals surface area contributed by atoms with Crippen LogP contribution in [-0.4, -0.2) is 6.71 Å². The Morgan fingerprint density at radius 2 is 0.812 bits per heavy atom. The number of rotatable bonds is 5. The molecule has 7 aromatic rings. The first kappa shape index (κ1) is 28.2. The molecule has 4 heteroatoms. The third kappa shape index (κ3) is 4.85. The van der Waals surface area contributed by atoms with Crippen molar-refractivity contribution in [2.24, 2.45) is 0 Å². The van der Waals surface area contributed by atoms with Gasteiger partial charge in [0.25, 0.3) is 6.71 Å². The molecule has 0 amide bonds. The topological polar surface area (TPSA) is 21.7 Å². The Hall–Kier alpha value is -6.00. The van der Waals surface area contributed by atoms with Crippen molar-refractivity contribution in [2.75, 3.05) is 4.90 Å². The van der Waals surface area contributed by atoms with E-state index in [2.05, 4.69) is 164 Å². The second-order valence-corrected chi connectivity index (χ2v) is 12.7. The number of hydrogen-bond acceptors (Lipinski definition) is 3. The van der Waals surface area contributed by atoms with Crippen molar-refractivity contribution < 1.29 is 9.47 Å². The van der Waals surface area contributed by atoms with E-state index in [4.69, 9.17) is 9.47 Å². The molecule has 0 saturated carbocycles. The highest BCUT2D eigenvalue weighted by Gasteiger charge is 2.41. The summed E-state index contributed by atoms with van der Waals surface area (Å²) in [5.41, 5.74) is 13.5. The van der Waals surface area contributed by atoms with E-state index in [1.165, 1.54) is 22.3 Å². The van der Waals surface area contributed by atoms with Crippen LogP contribution >= 0.6 is 0 Å². The molecule has 3 nitrogen and oxygen atoms in total. The number of ether oxygens (including phenoxy) is 2. The van der Waals surface area contributed by atoms with Gasteiger partial charge in [-0.05, 0) is 83.4 Å². The van der Waals surface area contributed by atoms with Crippen molar-refractivity contribution in [1.29, 1.82) is 0 Å². The van der Waals surface area contributed by atoms with Crippen molar-refractivity contribution >= 4 is 40.2 Å². The fourth-order valence-electron chi connectivity index (χ4n) is 7.06. The molecule has 0 N–H and O–H groups in total. The quantitative estimate of drug-likeness (QED) is 0.180. The molecular weight excluding hydrogens is 585 g/mol. The van der Waals surface area contributed by atoms with Gasteiger partial charge in [-0.25, -0.2) is 0 Å². The van der Waals surface area contributed by atoms with Gasteiger partial charge in [0.15, 0.2) is 0 Å². The SMILES string of the molecule is Cc1ccc(-c2ccc3c(c2)Oc2cc(N(c4ccccc4)c4ccccc4)cc4c2B3c2ccc(-c3ccc(C)cc3)cc2O4)cc1. The van der Waals surface area contributed by atoms with Crippen molar-refractivity contribution in [2.45, 2.75) is 13.8 Å². The Morgan fingerprint density at radius 1 is 0.396 bits per heavy atom. The molecule has 2 heterocycles. The fraction of sp³-hybridized carbons (Fsp3) is 0.0455.